The molecule has 3 rings (SSSR count). The topological polar surface area (TPSA) is 39.9 Å². The first kappa shape index (κ1) is 12.9. The van der Waals surface area contributed by atoms with Gasteiger partial charge < -0.3 is 9.30 Å². The van der Waals surface area contributed by atoms with Gasteiger partial charge in [0.15, 0.2) is 5.65 Å². The zero-order valence-electron chi connectivity index (χ0n) is 11.3. The second-order valence-corrected chi connectivity index (χ2v) is 4.97. The summed E-state index contributed by atoms with van der Waals surface area (Å²) in [4.78, 5) is 8.87. The average molecular weight is 288 g/mol. The summed E-state index contributed by atoms with van der Waals surface area (Å²) in [5, 5.41) is 0.631. The Morgan fingerprint density at radius 3 is 2.65 bits per heavy atom. The van der Waals surface area contributed by atoms with Gasteiger partial charge in [0.1, 0.15) is 17.1 Å². The lowest BCUT2D eigenvalue weighted by atomic mass is 10.2. The maximum absolute atomic E-state index is 6.15. The molecule has 3 aromatic rings. The van der Waals surface area contributed by atoms with Crippen molar-refractivity contribution < 1.29 is 4.74 Å². The zero-order chi connectivity index (χ0) is 14.1. The first-order valence-electron chi connectivity index (χ1n) is 6.29. The second kappa shape index (κ2) is 5.13. The SMILES string of the molecule is COc1ccc(Cn2c(C)nc3c(Cl)ccnc32)cc1. The summed E-state index contributed by atoms with van der Waals surface area (Å²) in [7, 11) is 1.66. The third kappa shape index (κ3) is 2.23. The van der Waals surface area contributed by atoms with Gasteiger partial charge in [-0.15, -0.1) is 0 Å². The van der Waals surface area contributed by atoms with Crippen molar-refractivity contribution in [1.29, 1.82) is 0 Å². The first-order chi connectivity index (χ1) is 9.69. The number of aryl methyl sites for hydroxylation is 1. The van der Waals surface area contributed by atoms with Gasteiger partial charge in [0, 0.05) is 6.20 Å². The minimum atomic E-state index is 0.631. The molecule has 0 aliphatic heterocycles. The Bertz CT molecular complexity index is 750. The number of rotatable bonds is 3. The largest absolute Gasteiger partial charge is 0.497 e. The van der Waals surface area contributed by atoms with Crippen molar-refractivity contribution in [2.75, 3.05) is 7.11 Å². The molecule has 0 spiro atoms. The highest BCUT2D eigenvalue weighted by Gasteiger charge is 2.11. The molecule has 0 saturated carbocycles. The predicted molar refractivity (Wildman–Crippen MR) is 79.4 cm³/mol. The molecule has 0 saturated heterocycles. The van der Waals surface area contributed by atoms with E-state index in [1.54, 1.807) is 19.4 Å². The molecule has 5 heteroatoms. The molecule has 0 fully saturated rings. The van der Waals surface area contributed by atoms with Crippen LogP contribution in [0.3, 0.4) is 0 Å². The van der Waals surface area contributed by atoms with Crippen LogP contribution in [0, 0.1) is 6.92 Å². The van der Waals surface area contributed by atoms with Gasteiger partial charge in [-0.05, 0) is 30.7 Å². The number of imidazole rings is 1. The van der Waals surface area contributed by atoms with Crippen LogP contribution in [0.25, 0.3) is 11.2 Å². The Hall–Kier alpha value is -2.07. The van der Waals surface area contributed by atoms with Gasteiger partial charge in [0.2, 0.25) is 0 Å². The van der Waals surface area contributed by atoms with E-state index in [1.807, 2.05) is 31.2 Å². The number of aromatic nitrogens is 3. The van der Waals surface area contributed by atoms with Crippen molar-refractivity contribution in [2.24, 2.45) is 0 Å². The monoisotopic (exact) mass is 287 g/mol. The molecule has 0 aliphatic rings. The second-order valence-electron chi connectivity index (χ2n) is 4.56. The van der Waals surface area contributed by atoms with Crippen LogP contribution in [0.5, 0.6) is 5.75 Å². The van der Waals surface area contributed by atoms with Crippen LogP contribution in [-0.2, 0) is 6.54 Å². The lowest BCUT2D eigenvalue weighted by Crippen LogP contribution is -2.02. The summed E-state index contributed by atoms with van der Waals surface area (Å²) in [5.74, 6) is 1.75. The van der Waals surface area contributed by atoms with Crippen LogP contribution in [0.15, 0.2) is 36.5 Å². The Morgan fingerprint density at radius 2 is 1.95 bits per heavy atom. The molecule has 0 N–H and O–H groups in total. The zero-order valence-corrected chi connectivity index (χ0v) is 12.1. The fourth-order valence-electron chi connectivity index (χ4n) is 2.20. The van der Waals surface area contributed by atoms with Crippen LogP contribution >= 0.6 is 11.6 Å². The molecular weight excluding hydrogens is 274 g/mol. The van der Waals surface area contributed by atoms with E-state index in [-0.39, 0.29) is 0 Å². The number of nitrogens with zero attached hydrogens (tertiary/aromatic N) is 3. The number of fused-ring (bicyclic) bond motifs is 1. The lowest BCUT2D eigenvalue weighted by molar-refractivity contribution is 0.414. The molecule has 0 atom stereocenters. The molecule has 0 unspecified atom stereocenters. The van der Waals surface area contributed by atoms with Crippen molar-refractivity contribution in [3.05, 3.63) is 52.9 Å². The minimum Gasteiger partial charge on any atom is -0.497 e. The Morgan fingerprint density at radius 1 is 1.20 bits per heavy atom. The van der Waals surface area contributed by atoms with Crippen LogP contribution in [0.4, 0.5) is 0 Å². The van der Waals surface area contributed by atoms with Crippen molar-refractivity contribution >= 4 is 22.8 Å². The van der Waals surface area contributed by atoms with Gasteiger partial charge in [-0.3, -0.25) is 0 Å². The van der Waals surface area contributed by atoms with Crippen molar-refractivity contribution in [3.63, 3.8) is 0 Å². The molecule has 1 aromatic carbocycles. The first-order valence-corrected chi connectivity index (χ1v) is 6.67. The molecular formula is C15H14ClN3O. The van der Waals surface area contributed by atoms with Gasteiger partial charge in [-0.1, -0.05) is 23.7 Å². The third-order valence-electron chi connectivity index (χ3n) is 3.28. The summed E-state index contributed by atoms with van der Waals surface area (Å²) in [6, 6.07) is 9.73. The molecule has 20 heavy (non-hydrogen) atoms. The lowest BCUT2D eigenvalue weighted by Gasteiger charge is -2.07. The van der Waals surface area contributed by atoms with E-state index in [0.717, 1.165) is 28.3 Å². The maximum Gasteiger partial charge on any atom is 0.161 e. The van der Waals surface area contributed by atoms with Gasteiger partial charge in [0.25, 0.3) is 0 Å². The fourth-order valence-corrected chi connectivity index (χ4v) is 2.38. The minimum absolute atomic E-state index is 0.631. The molecule has 0 radical (unpaired) electrons. The van der Waals surface area contributed by atoms with Crippen molar-refractivity contribution in [3.8, 4) is 5.75 Å². The van der Waals surface area contributed by atoms with Gasteiger partial charge >= 0.3 is 0 Å². The number of benzene rings is 1. The van der Waals surface area contributed by atoms with E-state index in [1.165, 1.54) is 0 Å². The molecule has 0 amide bonds. The Balaban J connectivity index is 2.01. The normalized spacial score (nSPS) is 10.9. The van der Waals surface area contributed by atoms with Crippen molar-refractivity contribution in [1.82, 2.24) is 14.5 Å². The summed E-state index contributed by atoms with van der Waals surface area (Å²) in [6.07, 6.45) is 1.70. The van der Waals surface area contributed by atoms with Crippen LogP contribution in [0.2, 0.25) is 5.02 Å². The number of halogens is 1. The van der Waals surface area contributed by atoms with Gasteiger partial charge in [-0.2, -0.15) is 0 Å². The van der Waals surface area contributed by atoms with Gasteiger partial charge in [0.05, 0.1) is 18.7 Å². The standard InChI is InChI=1S/C15H14ClN3O/c1-10-18-14-13(16)7-8-17-15(14)19(10)9-11-3-5-12(20-2)6-4-11/h3-8H,9H2,1-2H3. The number of pyridine rings is 1. The highest BCUT2D eigenvalue weighted by molar-refractivity contribution is 6.34. The van der Waals surface area contributed by atoms with E-state index in [2.05, 4.69) is 14.5 Å². The van der Waals surface area contributed by atoms with Crippen LogP contribution in [0.1, 0.15) is 11.4 Å². The summed E-state index contributed by atoms with van der Waals surface area (Å²) in [5.41, 5.74) is 2.72. The number of ether oxygens (including phenoxy) is 1. The van der Waals surface area contributed by atoms with Crippen LogP contribution in [-0.4, -0.2) is 21.6 Å². The molecule has 102 valence electrons. The Kier molecular flexibility index (Phi) is 3.32. The molecule has 0 aliphatic carbocycles. The smallest absolute Gasteiger partial charge is 0.161 e. The highest BCUT2D eigenvalue weighted by atomic mass is 35.5. The van der Waals surface area contributed by atoms with E-state index >= 15 is 0 Å². The number of methoxy groups -OCH3 is 1. The van der Waals surface area contributed by atoms with E-state index in [0.29, 0.717) is 11.6 Å². The predicted octanol–water partition coefficient (Wildman–Crippen LogP) is 3.45. The third-order valence-corrected chi connectivity index (χ3v) is 3.58. The highest BCUT2D eigenvalue weighted by Crippen LogP contribution is 2.23. The van der Waals surface area contributed by atoms with E-state index in [4.69, 9.17) is 16.3 Å². The molecule has 2 heterocycles. The van der Waals surface area contributed by atoms with E-state index < -0.39 is 0 Å². The summed E-state index contributed by atoms with van der Waals surface area (Å²) in [6.45, 7) is 2.67. The Labute approximate surface area is 122 Å². The number of hydrogen-bond donors (Lipinski definition) is 0. The summed E-state index contributed by atoms with van der Waals surface area (Å²) < 4.78 is 7.22. The summed E-state index contributed by atoms with van der Waals surface area (Å²) >= 11 is 6.15. The average Bonchev–Trinajstić information content (AvgIpc) is 2.78. The maximum atomic E-state index is 6.15. The van der Waals surface area contributed by atoms with E-state index in [9.17, 15) is 0 Å². The molecule has 0 bridgehead atoms. The quantitative estimate of drug-likeness (QED) is 0.741. The molecule has 2 aromatic heterocycles. The number of hydrogen-bond acceptors (Lipinski definition) is 3. The van der Waals surface area contributed by atoms with Crippen molar-refractivity contribution in [2.45, 2.75) is 13.5 Å². The fraction of sp³-hybridized carbons (Fsp3) is 0.200. The molecule has 4 nitrogen and oxygen atoms in total. The van der Waals surface area contributed by atoms with Crippen LogP contribution < -0.4 is 4.74 Å². The van der Waals surface area contributed by atoms with Gasteiger partial charge in [-0.25, -0.2) is 9.97 Å².